The van der Waals surface area contributed by atoms with Crippen molar-refractivity contribution in [1.29, 1.82) is 0 Å². The number of benzene rings is 1. The van der Waals surface area contributed by atoms with Gasteiger partial charge >= 0.3 is 0 Å². The minimum absolute atomic E-state index is 0.132. The summed E-state index contributed by atoms with van der Waals surface area (Å²) in [4.78, 5) is 12.6. The number of aryl methyl sites for hydroxylation is 1. The monoisotopic (exact) mass is 238 g/mol. The Balaban J connectivity index is 2.57. The van der Waals surface area contributed by atoms with Gasteiger partial charge in [-0.05, 0) is 19.1 Å². The smallest absolute Gasteiger partial charge is 0.240 e. The van der Waals surface area contributed by atoms with E-state index in [1.807, 2.05) is 13.8 Å². The Bertz CT molecular complexity index is 360. The number of nitrogens with one attached hydrogen (secondary N) is 1. The van der Waals surface area contributed by atoms with Crippen LogP contribution in [0.25, 0.3) is 0 Å². The van der Waals surface area contributed by atoms with Crippen LogP contribution in [-0.4, -0.2) is 11.7 Å². The van der Waals surface area contributed by atoms with E-state index >= 15 is 0 Å². The highest BCUT2D eigenvalue weighted by Gasteiger charge is 2.26. The molecule has 0 heterocycles. The highest BCUT2D eigenvalue weighted by atomic mass is 32.2. The Morgan fingerprint density at radius 2 is 1.94 bits per heavy atom. The van der Waals surface area contributed by atoms with Gasteiger partial charge in [-0.1, -0.05) is 31.5 Å². The van der Waals surface area contributed by atoms with Crippen molar-refractivity contribution in [1.82, 2.24) is 5.43 Å². The number of carbonyl (C=O) groups is 1. The van der Waals surface area contributed by atoms with E-state index in [0.717, 1.165) is 0 Å². The van der Waals surface area contributed by atoms with Crippen molar-refractivity contribution >= 4 is 17.7 Å². The fourth-order valence-electron chi connectivity index (χ4n) is 1.16. The number of amides is 1. The third kappa shape index (κ3) is 3.54. The van der Waals surface area contributed by atoms with Crippen LogP contribution >= 0.6 is 11.8 Å². The van der Waals surface area contributed by atoms with Crippen LogP contribution in [0.15, 0.2) is 29.2 Å². The molecule has 0 spiro atoms. The zero-order valence-corrected chi connectivity index (χ0v) is 10.7. The largest absolute Gasteiger partial charge is 0.294 e. The Hall–Kier alpha value is -1.00. The molecule has 88 valence electrons. The molecule has 0 radical (unpaired) electrons. The Kier molecular flexibility index (Phi) is 4.38. The van der Waals surface area contributed by atoms with Crippen molar-refractivity contribution < 1.29 is 4.79 Å². The zero-order valence-electron chi connectivity index (χ0n) is 9.91. The summed E-state index contributed by atoms with van der Waals surface area (Å²) in [5.74, 6) is 5.71. The quantitative estimate of drug-likeness (QED) is 0.365. The molecule has 1 rings (SSSR count). The van der Waals surface area contributed by atoms with Crippen LogP contribution in [0.1, 0.15) is 19.4 Å². The summed E-state index contributed by atoms with van der Waals surface area (Å²) in [6, 6.07) is 8.27. The van der Waals surface area contributed by atoms with Crippen LogP contribution in [0.3, 0.4) is 0 Å². The van der Waals surface area contributed by atoms with Gasteiger partial charge in [-0.2, -0.15) is 0 Å². The van der Waals surface area contributed by atoms with E-state index in [-0.39, 0.29) is 5.91 Å². The molecule has 0 aromatic heterocycles. The first-order valence-electron chi connectivity index (χ1n) is 5.16. The minimum Gasteiger partial charge on any atom is -0.294 e. The molecular formula is C12H18N2OS. The maximum Gasteiger partial charge on any atom is 0.240 e. The number of thioether (sulfide) groups is 1. The van der Waals surface area contributed by atoms with Crippen LogP contribution < -0.4 is 11.3 Å². The molecule has 1 aromatic carbocycles. The van der Waals surface area contributed by atoms with Gasteiger partial charge in [0.2, 0.25) is 5.91 Å². The van der Waals surface area contributed by atoms with Crippen LogP contribution in [0.4, 0.5) is 0 Å². The highest BCUT2D eigenvalue weighted by Crippen LogP contribution is 2.27. The second-order valence-corrected chi connectivity index (χ2v) is 5.51. The molecule has 0 aliphatic carbocycles. The normalized spacial score (nSPS) is 11.2. The summed E-state index contributed by atoms with van der Waals surface area (Å²) in [7, 11) is 0. The van der Waals surface area contributed by atoms with Crippen LogP contribution in [0.5, 0.6) is 0 Å². The minimum atomic E-state index is -0.454. The molecule has 1 aromatic rings. The van der Waals surface area contributed by atoms with Crippen LogP contribution in [0, 0.1) is 12.3 Å². The van der Waals surface area contributed by atoms with E-state index in [1.165, 1.54) is 10.5 Å². The standard InChI is InChI=1S/C12H18N2OS/c1-9-4-6-10(7-5-9)16-8-12(2,3)11(15)14-13/h4-7H,8,13H2,1-3H3,(H,14,15). The van der Waals surface area contributed by atoms with Gasteiger partial charge < -0.3 is 0 Å². The molecule has 0 bridgehead atoms. The second kappa shape index (κ2) is 5.37. The van der Waals surface area contributed by atoms with Crippen molar-refractivity contribution in [3.63, 3.8) is 0 Å². The van der Waals surface area contributed by atoms with Gasteiger partial charge in [0.1, 0.15) is 0 Å². The fraction of sp³-hybridized carbons (Fsp3) is 0.417. The third-order valence-electron chi connectivity index (χ3n) is 2.37. The molecule has 16 heavy (non-hydrogen) atoms. The number of hydrogen-bond donors (Lipinski definition) is 2. The fourth-order valence-corrected chi connectivity index (χ4v) is 2.15. The Labute approximate surface area is 101 Å². The molecule has 0 fully saturated rings. The van der Waals surface area contributed by atoms with Gasteiger partial charge in [0.05, 0.1) is 5.41 Å². The van der Waals surface area contributed by atoms with E-state index in [2.05, 4.69) is 36.6 Å². The van der Waals surface area contributed by atoms with Crippen molar-refractivity contribution in [2.24, 2.45) is 11.3 Å². The van der Waals surface area contributed by atoms with Gasteiger partial charge in [-0.15, -0.1) is 11.8 Å². The summed E-state index contributed by atoms with van der Waals surface area (Å²) >= 11 is 1.66. The van der Waals surface area contributed by atoms with Gasteiger partial charge in [-0.3, -0.25) is 10.2 Å². The zero-order chi connectivity index (χ0) is 12.2. The van der Waals surface area contributed by atoms with Crippen molar-refractivity contribution in [2.45, 2.75) is 25.7 Å². The van der Waals surface area contributed by atoms with Gasteiger partial charge in [0, 0.05) is 10.6 Å². The summed E-state index contributed by atoms with van der Waals surface area (Å²) in [6.07, 6.45) is 0. The van der Waals surface area contributed by atoms with Gasteiger partial charge in [0.25, 0.3) is 0 Å². The lowest BCUT2D eigenvalue weighted by Crippen LogP contribution is -2.42. The number of carbonyl (C=O) groups excluding carboxylic acids is 1. The van der Waals surface area contributed by atoms with Crippen molar-refractivity contribution in [3.05, 3.63) is 29.8 Å². The topological polar surface area (TPSA) is 55.1 Å². The van der Waals surface area contributed by atoms with Gasteiger partial charge in [-0.25, -0.2) is 5.84 Å². The third-order valence-corrected chi connectivity index (χ3v) is 3.84. The number of rotatable bonds is 4. The molecule has 0 aliphatic rings. The molecule has 0 saturated heterocycles. The Morgan fingerprint density at radius 3 is 2.44 bits per heavy atom. The molecular weight excluding hydrogens is 220 g/mol. The average Bonchev–Trinajstić information content (AvgIpc) is 2.27. The van der Waals surface area contributed by atoms with Crippen LogP contribution in [-0.2, 0) is 4.79 Å². The first kappa shape index (κ1) is 13.1. The lowest BCUT2D eigenvalue weighted by molar-refractivity contribution is -0.128. The first-order valence-corrected chi connectivity index (χ1v) is 6.15. The van der Waals surface area contributed by atoms with Crippen molar-refractivity contribution in [2.75, 3.05) is 5.75 Å². The van der Waals surface area contributed by atoms with E-state index in [9.17, 15) is 4.79 Å². The molecule has 0 aliphatic heterocycles. The molecule has 3 nitrogen and oxygen atoms in total. The maximum absolute atomic E-state index is 11.5. The van der Waals surface area contributed by atoms with E-state index < -0.39 is 5.41 Å². The summed E-state index contributed by atoms with van der Waals surface area (Å²) in [6.45, 7) is 5.83. The maximum atomic E-state index is 11.5. The Morgan fingerprint density at radius 1 is 1.38 bits per heavy atom. The second-order valence-electron chi connectivity index (χ2n) is 4.46. The average molecular weight is 238 g/mol. The van der Waals surface area contributed by atoms with Crippen molar-refractivity contribution in [3.8, 4) is 0 Å². The molecule has 1 amide bonds. The first-order chi connectivity index (χ1) is 7.45. The summed E-state index contributed by atoms with van der Waals surface area (Å²) in [5, 5.41) is 0. The number of hydrazine groups is 1. The SMILES string of the molecule is Cc1ccc(SCC(C)(C)C(=O)NN)cc1. The predicted octanol–water partition coefficient (Wildman–Crippen LogP) is 2.10. The number of nitrogens with two attached hydrogens (primary N) is 1. The van der Waals surface area contributed by atoms with E-state index in [0.29, 0.717) is 5.75 Å². The lowest BCUT2D eigenvalue weighted by Gasteiger charge is -2.21. The predicted molar refractivity (Wildman–Crippen MR) is 68.0 cm³/mol. The summed E-state index contributed by atoms with van der Waals surface area (Å²) in [5.41, 5.74) is 2.98. The molecule has 0 unspecified atom stereocenters. The van der Waals surface area contributed by atoms with Gasteiger partial charge in [0.15, 0.2) is 0 Å². The number of hydrogen-bond acceptors (Lipinski definition) is 3. The van der Waals surface area contributed by atoms with E-state index in [4.69, 9.17) is 5.84 Å². The molecule has 4 heteroatoms. The van der Waals surface area contributed by atoms with Crippen LogP contribution in [0.2, 0.25) is 0 Å². The van der Waals surface area contributed by atoms with E-state index in [1.54, 1.807) is 11.8 Å². The molecule has 3 N–H and O–H groups in total. The molecule has 0 saturated carbocycles. The lowest BCUT2D eigenvalue weighted by atomic mass is 9.96. The summed E-state index contributed by atoms with van der Waals surface area (Å²) < 4.78 is 0. The molecule has 0 atom stereocenters. The highest BCUT2D eigenvalue weighted by molar-refractivity contribution is 7.99.